The van der Waals surface area contributed by atoms with Gasteiger partial charge in [-0.1, -0.05) is 58.9 Å². The summed E-state index contributed by atoms with van der Waals surface area (Å²) in [5.74, 6) is 1.27. The predicted molar refractivity (Wildman–Crippen MR) is 157 cm³/mol. The molecular weight excluding hydrogens is 542 g/mol. The Hall–Kier alpha value is -4.25. The molecule has 2 aromatic carbocycles. The van der Waals surface area contributed by atoms with Crippen LogP contribution in [0.4, 0.5) is 5.82 Å². The highest BCUT2D eigenvalue weighted by atomic mass is 32.2. The van der Waals surface area contributed by atoms with Gasteiger partial charge in [0.25, 0.3) is 15.9 Å². The van der Waals surface area contributed by atoms with Gasteiger partial charge in [0.05, 0.1) is 18.6 Å². The number of hydrogen-bond acceptors (Lipinski definition) is 9. The largest absolute Gasteiger partial charge is 0.493 e. The maximum atomic E-state index is 13.6. The number of para-hydroxylation sites is 2. The van der Waals surface area contributed by atoms with Gasteiger partial charge < -0.3 is 14.2 Å². The molecule has 0 spiro atoms. The summed E-state index contributed by atoms with van der Waals surface area (Å²) >= 11 is 0. The average Bonchev–Trinajstić information content (AvgIpc) is 2.94. The number of rotatable bonds is 11. The van der Waals surface area contributed by atoms with Crippen molar-refractivity contribution in [2.45, 2.75) is 51.3 Å². The van der Waals surface area contributed by atoms with Gasteiger partial charge in [0.2, 0.25) is 11.6 Å². The monoisotopic (exact) mass is 577 g/mol. The standard InChI is InChI=1S/C30H35N5O5S/c1-20(2)16-19-39-29-25(40-24-11-8-7-10-23(24)38-6)26(33-28(34-29)27-31-17-9-18-32-27)35-41(36,37)22-14-12-21(13-15-22)30(3,4)5/h7-15,17-18,20H,16,19H2,1-6H3,(H,33,34,35). The van der Waals surface area contributed by atoms with Crippen molar-refractivity contribution < 1.29 is 22.6 Å². The summed E-state index contributed by atoms with van der Waals surface area (Å²) in [6.45, 7) is 10.6. The number of anilines is 1. The second-order valence-electron chi connectivity index (χ2n) is 10.8. The minimum atomic E-state index is -4.10. The molecule has 1 N–H and O–H groups in total. The SMILES string of the molecule is COc1ccccc1Oc1c(NS(=O)(=O)c2ccc(C(C)(C)C)cc2)nc(-c2ncccn2)nc1OCCC(C)C. The lowest BCUT2D eigenvalue weighted by atomic mass is 9.87. The first-order valence-corrected chi connectivity index (χ1v) is 14.7. The van der Waals surface area contributed by atoms with Gasteiger partial charge in [-0.05, 0) is 53.6 Å². The molecule has 10 nitrogen and oxygen atoms in total. The molecule has 0 aliphatic carbocycles. The summed E-state index contributed by atoms with van der Waals surface area (Å²) in [4.78, 5) is 17.6. The molecule has 0 radical (unpaired) electrons. The Kier molecular flexibility index (Phi) is 9.07. The Bertz CT molecular complexity index is 1570. The second-order valence-corrected chi connectivity index (χ2v) is 12.4. The second kappa shape index (κ2) is 12.5. The molecule has 0 aliphatic heterocycles. The van der Waals surface area contributed by atoms with E-state index in [2.05, 4.69) is 59.3 Å². The van der Waals surface area contributed by atoms with Crippen molar-refractivity contribution in [1.29, 1.82) is 0 Å². The Balaban J connectivity index is 1.85. The molecule has 216 valence electrons. The minimum absolute atomic E-state index is 0.0205. The van der Waals surface area contributed by atoms with Crippen LogP contribution >= 0.6 is 0 Å². The van der Waals surface area contributed by atoms with E-state index in [1.807, 2.05) is 0 Å². The van der Waals surface area contributed by atoms with Crippen LogP contribution in [0, 0.1) is 5.92 Å². The van der Waals surface area contributed by atoms with E-state index in [0.29, 0.717) is 24.0 Å². The molecule has 2 heterocycles. The fourth-order valence-corrected chi connectivity index (χ4v) is 4.73. The van der Waals surface area contributed by atoms with E-state index < -0.39 is 10.0 Å². The number of methoxy groups -OCH3 is 1. The van der Waals surface area contributed by atoms with Crippen LogP contribution < -0.4 is 18.9 Å². The Morgan fingerprint density at radius 2 is 1.54 bits per heavy atom. The maximum absolute atomic E-state index is 13.6. The molecule has 0 unspecified atom stereocenters. The summed E-state index contributed by atoms with van der Waals surface area (Å²) < 4.78 is 47.6. The van der Waals surface area contributed by atoms with E-state index in [0.717, 1.165) is 12.0 Å². The van der Waals surface area contributed by atoms with Crippen LogP contribution in [0.15, 0.2) is 71.9 Å². The first-order chi connectivity index (χ1) is 19.5. The van der Waals surface area contributed by atoms with Gasteiger partial charge in [-0.25, -0.2) is 23.4 Å². The number of nitrogens with zero attached hydrogens (tertiary/aromatic N) is 4. The van der Waals surface area contributed by atoms with Crippen LogP contribution in [0.25, 0.3) is 11.6 Å². The highest BCUT2D eigenvalue weighted by molar-refractivity contribution is 7.92. The lowest BCUT2D eigenvalue weighted by Gasteiger charge is -2.20. The number of ether oxygens (including phenoxy) is 3. The highest BCUT2D eigenvalue weighted by Crippen LogP contribution is 2.41. The number of hydrogen-bond donors (Lipinski definition) is 1. The van der Waals surface area contributed by atoms with Gasteiger partial charge in [-0.2, -0.15) is 4.98 Å². The highest BCUT2D eigenvalue weighted by Gasteiger charge is 2.26. The van der Waals surface area contributed by atoms with E-state index >= 15 is 0 Å². The van der Waals surface area contributed by atoms with E-state index in [9.17, 15) is 8.42 Å². The summed E-state index contributed by atoms with van der Waals surface area (Å²) in [6, 6.07) is 15.4. The number of sulfonamides is 1. The lowest BCUT2D eigenvalue weighted by molar-refractivity contribution is 0.266. The molecule has 0 saturated heterocycles. The molecule has 0 atom stereocenters. The van der Waals surface area contributed by atoms with Gasteiger partial charge in [-0.15, -0.1) is 0 Å². The molecule has 11 heteroatoms. The Morgan fingerprint density at radius 3 is 2.15 bits per heavy atom. The number of aromatic nitrogens is 4. The smallest absolute Gasteiger partial charge is 0.263 e. The van der Waals surface area contributed by atoms with E-state index in [4.69, 9.17) is 14.2 Å². The summed E-state index contributed by atoms with van der Waals surface area (Å²) in [6.07, 6.45) is 3.83. The van der Waals surface area contributed by atoms with Crippen molar-refractivity contribution in [3.63, 3.8) is 0 Å². The van der Waals surface area contributed by atoms with Gasteiger partial charge >= 0.3 is 0 Å². The molecule has 0 saturated carbocycles. The zero-order valence-electron chi connectivity index (χ0n) is 24.1. The van der Waals surface area contributed by atoms with Gasteiger partial charge in [0, 0.05) is 12.4 Å². The molecule has 0 amide bonds. The van der Waals surface area contributed by atoms with Crippen molar-refractivity contribution in [1.82, 2.24) is 19.9 Å². The molecule has 2 aromatic heterocycles. The van der Waals surface area contributed by atoms with E-state index in [1.54, 1.807) is 67.0 Å². The minimum Gasteiger partial charge on any atom is -0.493 e. The fraction of sp³-hybridized carbons (Fsp3) is 0.333. The van der Waals surface area contributed by atoms with Crippen molar-refractivity contribution in [3.8, 4) is 34.8 Å². The lowest BCUT2D eigenvalue weighted by Crippen LogP contribution is -2.17. The summed E-state index contributed by atoms with van der Waals surface area (Å²) in [5.41, 5.74) is 0.869. The number of nitrogens with one attached hydrogen (secondary N) is 1. The topological polar surface area (TPSA) is 125 Å². The third kappa shape index (κ3) is 7.49. The van der Waals surface area contributed by atoms with Gasteiger partial charge in [0.1, 0.15) is 0 Å². The molecule has 0 aliphatic rings. The van der Waals surface area contributed by atoms with Crippen LogP contribution in [0.5, 0.6) is 23.1 Å². The van der Waals surface area contributed by atoms with Crippen molar-refractivity contribution in [2.24, 2.45) is 5.92 Å². The van der Waals surface area contributed by atoms with E-state index in [1.165, 1.54) is 7.11 Å². The predicted octanol–water partition coefficient (Wildman–Crippen LogP) is 6.26. The van der Waals surface area contributed by atoms with Crippen molar-refractivity contribution in [2.75, 3.05) is 18.4 Å². The first kappa shape index (κ1) is 29.7. The molecule has 0 fully saturated rings. The molecule has 41 heavy (non-hydrogen) atoms. The molecule has 4 rings (SSSR count). The van der Waals surface area contributed by atoms with Crippen LogP contribution in [-0.2, 0) is 15.4 Å². The van der Waals surface area contributed by atoms with Gasteiger partial charge in [0.15, 0.2) is 23.1 Å². The Morgan fingerprint density at radius 1 is 0.878 bits per heavy atom. The van der Waals surface area contributed by atoms with E-state index in [-0.39, 0.29) is 39.4 Å². The van der Waals surface area contributed by atoms with Crippen molar-refractivity contribution in [3.05, 3.63) is 72.6 Å². The van der Waals surface area contributed by atoms with Crippen LogP contribution in [-0.4, -0.2) is 42.1 Å². The zero-order valence-corrected chi connectivity index (χ0v) is 24.9. The third-order valence-electron chi connectivity index (χ3n) is 6.08. The maximum Gasteiger partial charge on any atom is 0.263 e. The summed E-state index contributed by atoms with van der Waals surface area (Å²) in [7, 11) is -2.59. The van der Waals surface area contributed by atoms with Crippen molar-refractivity contribution >= 4 is 15.8 Å². The quantitative estimate of drug-likeness (QED) is 0.220. The summed E-state index contributed by atoms with van der Waals surface area (Å²) in [5, 5.41) is 0. The zero-order chi connectivity index (χ0) is 29.6. The molecule has 4 aromatic rings. The van der Waals surface area contributed by atoms with Crippen LogP contribution in [0.1, 0.15) is 46.6 Å². The average molecular weight is 578 g/mol. The molecular formula is C30H35N5O5S. The van der Waals surface area contributed by atoms with Gasteiger partial charge in [-0.3, -0.25) is 4.72 Å². The normalized spacial score (nSPS) is 11.8. The third-order valence-corrected chi connectivity index (χ3v) is 7.43. The van der Waals surface area contributed by atoms with Crippen LogP contribution in [0.2, 0.25) is 0 Å². The first-order valence-electron chi connectivity index (χ1n) is 13.2. The number of benzene rings is 2. The Labute approximate surface area is 241 Å². The fourth-order valence-electron chi connectivity index (χ4n) is 3.73. The van der Waals surface area contributed by atoms with Crippen LogP contribution in [0.3, 0.4) is 0 Å². The molecule has 0 bridgehead atoms.